The number of nitrogens with zero attached hydrogens (tertiary/aromatic N) is 3. The number of imidazole rings is 1. The molecule has 3 N–H and O–H groups in total. The summed E-state index contributed by atoms with van der Waals surface area (Å²) in [6.45, 7) is 0.217. The minimum Gasteiger partial charge on any atom is -0.492 e. The monoisotopic (exact) mass is 425 g/mol. The third kappa shape index (κ3) is 4.29. The maximum absolute atomic E-state index is 13.2. The van der Waals surface area contributed by atoms with Gasteiger partial charge in [0.1, 0.15) is 5.69 Å². The first-order valence-electron chi connectivity index (χ1n) is 7.78. The predicted octanol–water partition coefficient (Wildman–Crippen LogP) is 4.50. The summed E-state index contributed by atoms with van der Waals surface area (Å²) < 4.78 is 26.2. The molecule has 3 aromatic rings. The average molecular weight is 426 g/mol. The van der Waals surface area contributed by atoms with Gasteiger partial charge in [0.25, 0.3) is 0 Å². The molecule has 28 heavy (non-hydrogen) atoms. The normalized spacial score (nSPS) is 13.0. The van der Waals surface area contributed by atoms with Crippen molar-refractivity contribution in [3.63, 3.8) is 0 Å². The van der Waals surface area contributed by atoms with Gasteiger partial charge in [-0.3, -0.25) is 0 Å². The minimum absolute atomic E-state index is 0. The highest BCUT2D eigenvalue weighted by Gasteiger charge is 2.15. The lowest BCUT2D eigenvalue weighted by molar-refractivity contribution is 0.455. The molecule has 6 nitrogen and oxygen atoms in total. The summed E-state index contributed by atoms with van der Waals surface area (Å²) in [6, 6.07) is 7.33. The van der Waals surface area contributed by atoms with Crippen LogP contribution in [0.25, 0.3) is 11.6 Å². The van der Waals surface area contributed by atoms with Crippen molar-refractivity contribution in [2.75, 3.05) is 5.32 Å². The van der Waals surface area contributed by atoms with Crippen molar-refractivity contribution in [2.24, 2.45) is 4.99 Å². The Morgan fingerprint density at radius 2 is 1.96 bits per heavy atom. The molecule has 0 radical (unpaired) electrons. The van der Waals surface area contributed by atoms with Crippen molar-refractivity contribution < 1.29 is 13.9 Å². The van der Waals surface area contributed by atoms with Crippen LogP contribution in [0.3, 0.4) is 0 Å². The highest BCUT2D eigenvalue weighted by Crippen LogP contribution is 2.31. The Morgan fingerprint density at radius 1 is 1.14 bits per heavy atom. The van der Waals surface area contributed by atoms with E-state index >= 15 is 0 Å². The number of aromatic nitrogens is 3. The third-order valence-corrected chi connectivity index (χ3v) is 3.88. The maximum Gasteiger partial charge on any atom is 0.238 e. The highest BCUT2D eigenvalue weighted by atomic mass is 35.5. The van der Waals surface area contributed by atoms with Crippen LogP contribution in [0.2, 0.25) is 0 Å². The lowest BCUT2D eigenvalue weighted by Gasteiger charge is -2.03. The SMILES string of the molecule is Cl.Cl.Oc1nc(NCc2ccc(F)c(F)c2)[nH]c1/C=C1\C=Nc2ncccc21. The summed E-state index contributed by atoms with van der Waals surface area (Å²) >= 11 is 0. The van der Waals surface area contributed by atoms with E-state index in [2.05, 4.69) is 25.3 Å². The zero-order valence-electron chi connectivity index (χ0n) is 14.2. The number of fused-ring (bicyclic) bond motifs is 1. The molecule has 0 saturated carbocycles. The topological polar surface area (TPSA) is 86.2 Å². The van der Waals surface area contributed by atoms with Crippen molar-refractivity contribution in [1.29, 1.82) is 0 Å². The molecule has 0 unspecified atom stereocenters. The number of allylic oxidation sites excluding steroid dienone is 1. The Hall–Kier alpha value is -2.97. The van der Waals surface area contributed by atoms with Crippen LogP contribution in [-0.4, -0.2) is 26.3 Å². The van der Waals surface area contributed by atoms with E-state index in [1.54, 1.807) is 18.5 Å². The molecule has 0 saturated heterocycles. The van der Waals surface area contributed by atoms with Crippen LogP contribution in [0.4, 0.5) is 20.5 Å². The standard InChI is InChI=1S/C18H13F2N5O.2ClH/c19-13-4-3-10(6-14(13)20)8-23-18-24-15(17(26)25-18)7-11-9-22-16-12(11)2-1-5-21-16;;/h1-7,9,26H,8H2,(H2,23,24,25);2*1H/b11-7+;;. The number of halogens is 4. The van der Waals surface area contributed by atoms with Crippen LogP contribution in [0.15, 0.2) is 41.5 Å². The number of aromatic amines is 1. The van der Waals surface area contributed by atoms with Crippen molar-refractivity contribution in [1.82, 2.24) is 15.0 Å². The zero-order chi connectivity index (χ0) is 18.1. The molecule has 0 spiro atoms. The van der Waals surface area contributed by atoms with Crippen LogP contribution >= 0.6 is 24.8 Å². The summed E-state index contributed by atoms with van der Waals surface area (Å²) in [6.07, 6.45) is 5.03. The second-order valence-corrected chi connectivity index (χ2v) is 5.66. The van der Waals surface area contributed by atoms with E-state index in [1.165, 1.54) is 6.07 Å². The van der Waals surface area contributed by atoms with E-state index in [9.17, 15) is 13.9 Å². The van der Waals surface area contributed by atoms with E-state index in [0.717, 1.165) is 23.3 Å². The summed E-state index contributed by atoms with van der Waals surface area (Å²) in [5, 5.41) is 12.9. The first kappa shape index (κ1) is 21.3. The smallest absolute Gasteiger partial charge is 0.238 e. The molecule has 146 valence electrons. The van der Waals surface area contributed by atoms with E-state index in [4.69, 9.17) is 0 Å². The number of H-pyrrole nitrogens is 1. The Morgan fingerprint density at radius 3 is 2.75 bits per heavy atom. The van der Waals surface area contributed by atoms with Crippen LogP contribution in [0, 0.1) is 11.6 Å². The molecule has 4 rings (SSSR count). The first-order chi connectivity index (χ1) is 12.6. The van der Waals surface area contributed by atoms with Gasteiger partial charge in [-0.05, 0) is 35.9 Å². The first-order valence-corrected chi connectivity index (χ1v) is 7.78. The fourth-order valence-electron chi connectivity index (χ4n) is 2.59. The summed E-state index contributed by atoms with van der Waals surface area (Å²) in [4.78, 5) is 15.3. The Bertz CT molecular complexity index is 1050. The molecule has 1 aromatic carbocycles. The summed E-state index contributed by atoms with van der Waals surface area (Å²) in [5.74, 6) is -1.07. The Labute approximate surface area is 171 Å². The minimum atomic E-state index is -0.912. The van der Waals surface area contributed by atoms with Crippen molar-refractivity contribution in [2.45, 2.75) is 6.54 Å². The molecule has 10 heteroatoms. The van der Waals surface area contributed by atoms with Gasteiger partial charge in [-0.2, -0.15) is 4.98 Å². The van der Waals surface area contributed by atoms with Gasteiger partial charge in [-0.15, -0.1) is 24.8 Å². The summed E-state index contributed by atoms with van der Waals surface area (Å²) in [7, 11) is 0. The number of anilines is 1. The van der Waals surface area contributed by atoms with Gasteiger partial charge in [0.05, 0.1) is 0 Å². The number of nitrogens with one attached hydrogen (secondary N) is 2. The van der Waals surface area contributed by atoms with E-state index in [-0.39, 0.29) is 37.2 Å². The number of benzene rings is 1. The van der Waals surface area contributed by atoms with Crippen LogP contribution in [0.1, 0.15) is 16.8 Å². The lowest BCUT2D eigenvalue weighted by Crippen LogP contribution is -2.01. The number of hydrogen-bond donors (Lipinski definition) is 3. The molecular weight excluding hydrogens is 411 g/mol. The average Bonchev–Trinajstić information content (AvgIpc) is 3.20. The van der Waals surface area contributed by atoms with Gasteiger partial charge < -0.3 is 15.4 Å². The van der Waals surface area contributed by atoms with Gasteiger partial charge in [0.2, 0.25) is 11.8 Å². The molecule has 2 aromatic heterocycles. The van der Waals surface area contributed by atoms with Gasteiger partial charge in [-0.25, -0.2) is 18.8 Å². The maximum atomic E-state index is 13.2. The molecular formula is C18H15Cl2F2N5O. The Balaban J connectivity index is 0.00000140. The molecule has 0 amide bonds. The second-order valence-electron chi connectivity index (χ2n) is 5.66. The molecule has 0 aliphatic carbocycles. The fraction of sp³-hybridized carbons (Fsp3) is 0.0556. The largest absolute Gasteiger partial charge is 0.492 e. The van der Waals surface area contributed by atoms with Gasteiger partial charge in [-0.1, -0.05) is 6.07 Å². The van der Waals surface area contributed by atoms with Crippen molar-refractivity contribution >= 4 is 54.4 Å². The highest BCUT2D eigenvalue weighted by molar-refractivity contribution is 6.20. The third-order valence-electron chi connectivity index (χ3n) is 3.88. The molecule has 0 atom stereocenters. The lowest BCUT2D eigenvalue weighted by atomic mass is 10.1. The number of hydrogen-bond acceptors (Lipinski definition) is 5. The molecule has 0 fully saturated rings. The molecule has 0 bridgehead atoms. The van der Waals surface area contributed by atoms with E-state index < -0.39 is 11.6 Å². The number of pyridine rings is 1. The van der Waals surface area contributed by atoms with Crippen LogP contribution < -0.4 is 5.32 Å². The second kappa shape index (κ2) is 8.81. The predicted molar refractivity (Wildman–Crippen MR) is 109 cm³/mol. The quantitative estimate of drug-likeness (QED) is 0.574. The number of rotatable bonds is 4. The molecule has 1 aliphatic rings. The van der Waals surface area contributed by atoms with Crippen molar-refractivity contribution in [3.05, 3.63) is 65.0 Å². The molecule has 3 heterocycles. The van der Waals surface area contributed by atoms with Crippen molar-refractivity contribution in [3.8, 4) is 5.88 Å². The fourth-order valence-corrected chi connectivity index (χ4v) is 2.59. The van der Waals surface area contributed by atoms with Gasteiger partial charge in [0.15, 0.2) is 17.5 Å². The molecule has 1 aliphatic heterocycles. The van der Waals surface area contributed by atoms with Gasteiger partial charge >= 0.3 is 0 Å². The number of aromatic hydroxyl groups is 1. The van der Waals surface area contributed by atoms with E-state index in [0.29, 0.717) is 23.0 Å². The van der Waals surface area contributed by atoms with E-state index in [1.807, 2.05) is 12.1 Å². The van der Waals surface area contributed by atoms with Gasteiger partial charge in [0, 0.05) is 30.1 Å². The zero-order valence-corrected chi connectivity index (χ0v) is 15.8. The summed E-state index contributed by atoms with van der Waals surface area (Å²) in [5.41, 5.74) is 2.59. The Kier molecular flexibility index (Phi) is 6.71. The van der Waals surface area contributed by atoms with Crippen LogP contribution in [0.5, 0.6) is 5.88 Å². The van der Waals surface area contributed by atoms with Crippen LogP contribution in [-0.2, 0) is 6.54 Å². The number of aliphatic imine (C=N–C) groups is 1.